The molecule has 176 valence electrons. The lowest BCUT2D eigenvalue weighted by Gasteiger charge is -2.30. The highest BCUT2D eigenvalue weighted by Crippen LogP contribution is 2.36. The Morgan fingerprint density at radius 3 is 2.82 bits per heavy atom. The van der Waals surface area contributed by atoms with E-state index in [9.17, 15) is 4.79 Å². The number of hydrogen-bond donors (Lipinski definition) is 0. The van der Waals surface area contributed by atoms with Gasteiger partial charge in [0.05, 0.1) is 24.9 Å². The van der Waals surface area contributed by atoms with Crippen molar-refractivity contribution < 1.29 is 23.7 Å². The maximum Gasteiger partial charge on any atom is 0.236 e. The van der Waals surface area contributed by atoms with Crippen LogP contribution in [0.25, 0.3) is 0 Å². The first kappa shape index (κ1) is 22.1. The Bertz CT molecular complexity index is 935. The number of ether oxygens (including phenoxy) is 4. The molecule has 5 rings (SSSR count). The van der Waals surface area contributed by atoms with E-state index in [1.807, 2.05) is 41.3 Å². The molecule has 1 aromatic carbocycles. The highest BCUT2D eigenvalue weighted by molar-refractivity contribution is 5.78. The van der Waals surface area contributed by atoms with Crippen molar-refractivity contribution in [3.05, 3.63) is 53.9 Å². The molecule has 8 heteroatoms. The first-order valence-corrected chi connectivity index (χ1v) is 11.7. The van der Waals surface area contributed by atoms with Crippen LogP contribution in [-0.2, 0) is 27.4 Å². The normalized spacial score (nSPS) is 21.9. The van der Waals surface area contributed by atoms with Crippen molar-refractivity contribution >= 4 is 5.91 Å². The number of carbonyl (C=O) groups excluding carboxylic acids is 1. The van der Waals surface area contributed by atoms with Gasteiger partial charge in [0.25, 0.3) is 0 Å². The van der Waals surface area contributed by atoms with Crippen LogP contribution in [0.4, 0.5) is 0 Å². The predicted octanol–water partition coefficient (Wildman–Crippen LogP) is 2.47. The van der Waals surface area contributed by atoms with Crippen molar-refractivity contribution in [2.75, 3.05) is 46.2 Å². The quantitative estimate of drug-likeness (QED) is 0.638. The van der Waals surface area contributed by atoms with E-state index in [-0.39, 0.29) is 18.8 Å². The summed E-state index contributed by atoms with van der Waals surface area (Å²) in [6.45, 7) is 5.19. The summed E-state index contributed by atoms with van der Waals surface area (Å²) in [5.41, 5.74) is 1.92. The first-order chi connectivity index (χ1) is 16.2. The monoisotopic (exact) mass is 453 g/mol. The number of hydrogen-bond acceptors (Lipinski definition) is 7. The Balaban J connectivity index is 1.30. The van der Waals surface area contributed by atoms with Gasteiger partial charge in [0.15, 0.2) is 11.5 Å². The van der Waals surface area contributed by atoms with Crippen LogP contribution in [0.15, 0.2) is 42.6 Å². The molecule has 1 amide bonds. The molecule has 3 aliphatic rings. The van der Waals surface area contributed by atoms with Gasteiger partial charge in [0, 0.05) is 51.2 Å². The summed E-state index contributed by atoms with van der Waals surface area (Å²) in [4.78, 5) is 21.8. The number of benzene rings is 1. The average Bonchev–Trinajstić information content (AvgIpc) is 3.28. The van der Waals surface area contributed by atoms with Crippen molar-refractivity contribution in [1.82, 2.24) is 14.8 Å². The second-order valence-corrected chi connectivity index (χ2v) is 8.93. The average molecular weight is 454 g/mol. The fourth-order valence-corrected chi connectivity index (χ4v) is 4.73. The molecule has 2 aromatic rings. The fourth-order valence-electron chi connectivity index (χ4n) is 4.73. The molecular formula is C25H31N3O5. The van der Waals surface area contributed by atoms with Crippen molar-refractivity contribution in [1.29, 1.82) is 0 Å². The molecule has 1 aromatic heterocycles. The van der Waals surface area contributed by atoms with Gasteiger partial charge in [0.2, 0.25) is 12.7 Å². The van der Waals surface area contributed by atoms with Gasteiger partial charge in [-0.1, -0.05) is 18.2 Å². The van der Waals surface area contributed by atoms with Gasteiger partial charge in [-0.2, -0.15) is 0 Å². The SMILES string of the molecule is O=C1CN(Cc2cccc3c2OCO3)C[C@H](OCc2ccccn2)CN1CC1CCOCC1. The highest BCUT2D eigenvalue weighted by atomic mass is 16.7. The van der Waals surface area contributed by atoms with Crippen LogP contribution in [0.3, 0.4) is 0 Å². The second-order valence-electron chi connectivity index (χ2n) is 8.93. The summed E-state index contributed by atoms with van der Waals surface area (Å²) in [5.74, 6) is 2.17. The lowest BCUT2D eigenvalue weighted by atomic mass is 9.99. The first-order valence-electron chi connectivity index (χ1n) is 11.7. The molecule has 4 heterocycles. The van der Waals surface area contributed by atoms with Crippen LogP contribution in [-0.4, -0.2) is 73.0 Å². The van der Waals surface area contributed by atoms with Crippen molar-refractivity contribution in [3.63, 3.8) is 0 Å². The maximum atomic E-state index is 13.3. The summed E-state index contributed by atoms with van der Waals surface area (Å²) in [7, 11) is 0. The third-order valence-corrected chi connectivity index (χ3v) is 6.48. The number of para-hydroxylation sites is 1. The molecule has 33 heavy (non-hydrogen) atoms. The number of rotatable bonds is 7. The zero-order chi connectivity index (χ0) is 22.5. The third-order valence-electron chi connectivity index (χ3n) is 6.48. The van der Waals surface area contributed by atoms with Crippen LogP contribution in [0.2, 0.25) is 0 Å². The molecule has 0 radical (unpaired) electrons. The molecule has 0 saturated carbocycles. The van der Waals surface area contributed by atoms with Crippen LogP contribution in [0, 0.1) is 5.92 Å². The number of fused-ring (bicyclic) bond motifs is 1. The number of nitrogens with zero attached hydrogens (tertiary/aromatic N) is 3. The summed E-state index contributed by atoms with van der Waals surface area (Å²) in [6, 6.07) is 11.7. The van der Waals surface area contributed by atoms with Gasteiger partial charge in [-0.05, 0) is 37.0 Å². The molecule has 0 aliphatic carbocycles. The Hall–Kier alpha value is -2.68. The fraction of sp³-hybridized carbons (Fsp3) is 0.520. The van der Waals surface area contributed by atoms with E-state index >= 15 is 0 Å². The molecule has 2 fully saturated rings. The maximum absolute atomic E-state index is 13.3. The number of amides is 1. The Labute approximate surface area is 194 Å². The lowest BCUT2D eigenvalue weighted by Crippen LogP contribution is -2.42. The van der Waals surface area contributed by atoms with Gasteiger partial charge < -0.3 is 23.8 Å². The minimum Gasteiger partial charge on any atom is -0.454 e. The summed E-state index contributed by atoms with van der Waals surface area (Å²) >= 11 is 0. The van der Waals surface area contributed by atoms with E-state index in [1.54, 1.807) is 6.20 Å². The molecule has 0 spiro atoms. The van der Waals surface area contributed by atoms with Crippen LogP contribution in [0.5, 0.6) is 11.5 Å². The Morgan fingerprint density at radius 1 is 1.06 bits per heavy atom. The summed E-state index contributed by atoms with van der Waals surface area (Å²) in [5, 5.41) is 0. The summed E-state index contributed by atoms with van der Waals surface area (Å²) < 4.78 is 23.0. The zero-order valence-corrected chi connectivity index (χ0v) is 18.9. The van der Waals surface area contributed by atoms with E-state index in [4.69, 9.17) is 18.9 Å². The molecule has 1 atom stereocenters. The highest BCUT2D eigenvalue weighted by Gasteiger charge is 2.31. The van der Waals surface area contributed by atoms with Crippen LogP contribution < -0.4 is 9.47 Å². The van der Waals surface area contributed by atoms with Crippen LogP contribution in [0.1, 0.15) is 24.1 Å². The van der Waals surface area contributed by atoms with Gasteiger partial charge in [-0.25, -0.2) is 0 Å². The van der Waals surface area contributed by atoms with Gasteiger partial charge in [-0.3, -0.25) is 14.7 Å². The lowest BCUT2D eigenvalue weighted by molar-refractivity contribution is -0.133. The second kappa shape index (κ2) is 10.5. The molecule has 8 nitrogen and oxygen atoms in total. The Kier molecular flexibility index (Phi) is 7.04. The number of carbonyl (C=O) groups is 1. The standard InChI is InChI=1S/C25H31N3O5/c29-24-16-27(13-20-4-3-6-23-25(20)33-18-32-23)14-22(31-17-21-5-1-2-9-26-21)15-28(24)12-19-7-10-30-11-8-19/h1-6,9,19,22H,7-8,10-18H2/t22-/m0/s1. The summed E-state index contributed by atoms with van der Waals surface area (Å²) in [6.07, 6.45) is 3.67. The van der Waals surface area contributed by atoms with E-state index in [0.29, 0.717) is 38.7 Å². The molecule has 0 bridgehead atoms. The third kappa shape index (κ3) is 5.63. The van der Waals surface area contributed by atoms with Crippen molar-refractivity contribution in [2.24, 2.45) is 5.92 Å². The molecule has 3 aliphatic heterocycles. The molecule has 2 saturated heterocycles. The smallest absolute Gasteiger partial charge is 0.236 e. The van der Waals surface area contributed by atoms with Crippen molar-refractivity contribution in [3.8, 4) is 11.5 Å². The molecular weight excluding hydrogens is 422 g/mol. The van der Waals surface area contributed by atoms with Gasteiger partial charge >= 0.3 is 0 Å². The van der Waals surface area contributed by atoms with Crippen LogP contribution >= 0.6 is 0 Å². The largest absolute Gasteiger partial charge is 0.454 e. The number of aromatic nitrogens is 1. The minimum atomic E-state index is -0.104. The minimum absolute atomic E-state index is 0.104. The zero-order valence-electron chi connectivity index (χ0n) is 18.9. The van der Waals surface area contributed by atoms with Crippen molar-refractivity contribution in [2.45, 2.75) is 32.1 Å². The molecule has 0 unspecified atom stereocenters. The van der Waals surface area contributed by atoms with Gasteiger partial charge in [-0.15, -0.1) is 0 Å². The molecule has 0 N–H and O–H groups in total. The Morgan fingerprint density at radius 2 is 1.97 bits per heavy atom. The van der Waals surface area contributed by atoms with E-state index in [0.717, 1.165) is 55.4 Å². The number of pyridine rings is 1. The topological polar surface area (TPSA) is 73.4 Å². The van der Waals surface area contributed by atoms with Gasteiger partial charge in [0.1, 0.15) is 0 Å². The van der Waals surface area contributed by atoms with E-state index in [2.05, 4.69) is 9.88 Å². The van der Waals surface area contributed by atoms with E-state index < -0.39 is 0 Å². The van der Waals surface area contributed by atoms with E-state index in [1.165, 1.54) is 0 Å². The predicted molar refractivity (Wildman–Crippen MR) is 121 cm³/mol.